The summed E-state index contributed by atoms with van der Waals surface area (Å²) >= 11 is 0. The van der Waals surface area contributed by atoms with Crippen LogP contribution in [0.4, 0.5) is 13.2 Å². The van der Waals surface area contributed by atoms with Gasteiger partial charge in [-0.15, -0.1) is 0 Å². The Labute approximate surface area is 103 Å². The van der Waals surface area contributed by atoms with Crippen molar-refractivity contribution in [3.05, 3.63) is 47.5 Å². The maximum Gasteiger partial charge on any atom is 0.454 e. The first-order chi connectivity index (χ1) is 8.45. The lowest BCUT2D eigenvalue weighted by Gasteiger charge is -2.04. The number of aryl methyl sites for hydroxylation is 1. The first-order valence-corrected chi connectivity index (χ1v) is 5.57. The molecule has 0 amide bonds. The second-order valence-corrected chi connectivity index (χ2v) is 4.00. The minimum Gasteiger partial charge on any atom is -0.284 e. The normalized spacial score (nSPS) is 11.8. The number of hydrogen-bond acceptors (Lipinski definition) is 1. The molecule has 0 aliphatic heterocycles. The Kier molecular flexibility index (Phi) is 3.11. The van der Waals surface area contributed by atoms with Gasteiger partial charge < -0.3 is 0 Å². The molecule has 0 unspecified atom stereocenters. The highest BCUT2D eigenvalue weighted by atomic mass is 19.4. The van der Waals surface area contributed by atoms with Crippen molar-refractivity contribution < 1.29 is 18.0 Å². The number of hydrogen-bond donors (Lipinski definition) is 0. The molecule has 94 valence electrons. The number of carbonyl (C=O) groups excluding carboxylic acids is 1. The summed E-state index contributed by atoms with van der Waals surface area (Å²) in [7, 11) is 0. The van der Waals surface area contributed by atoms with E-state index in [1.807, 2.05) is 6.92 Å². The van der Waals surface area contributed by atoms with Crippen molar-refractivity contribution in [3.63, 3.8) is 0 Å². The first-order valence-electron chi connectivity index (χ1n) is 5.57. The summed E-state index contributed by atoms with van der Waals surface area (Å²) in [4.78, 5) is 11.4. The minimum absolute atomic E-state index is 0.259. The van der Waals surface area contributed by atoms with Crippen LogP contribution in [0.1, 0.15) is 22.8 Å². The van der Waals surface area contributed by atoms with Crippen LogP contribution in [0.25, 0.3) is 11.1 Å². The molecule has 18 heavy (non-hydrogen) atoms. The Hall–Kier alpha value is -1.84. The number of fused-ring (bicyclic) bond motifs is 1. The van der Waals surface area contributed by atoms with Crippen LogP contribution in [-0.4, -0.2) is 12.0 Å². The fraction of sp³-hybridized carbons (Fsp3) is 0.214. The predicted octanol–water partition coefficient (Wildman–Crippen LogP) is 4.10. The van der Waals surface area contributed by atoms with E-state index in [0.29, 0.717) is 17.5 Å². The van der Waals surface area contributed by atoms with E-state index >= 15 is 0 Å². The van der Waals surface area contributed by atoms with E-state index in [1.54, 1.807) is 30.3 Å². The van der Waals surface area contributed by atoms with Crippen molar-refractivity contribution in [2.75, 3.05) is 0 Å². The molecule has 0 saturated carbocycles. The summed E-state index contributed by atoms with van der Waals surface area (Å²) in [6.07, 6.45) is -4.24. The summed E-state index contributed by atoms with van der Waals surface area (Å²) in [5.74, 6) is -1.78. The molecular weight excluding hydrogens is 241 g/mol. The highest BCUT2D eigenvalue weighted by Gasteiger charge is 2.41. The van der Waals surface area contributed by atoms with Crippen LogP contribution in [-0.2, 0) is 6.42 Å². The zero-order chi connectivity index (χ0) is 13.3. The molecule has 0 N–H and O–H groups in total. The van der Waals surface area contributed by atoms with Crippen LogP contribution in [0, 0.1) is 0 Å². The standard InChI is InChI=1S/C14H11F3O/c1-2-9-8-12(13(18)14(15,16)17)11-7-5-3-4-6-10(9)11/h3-8H,2H2,1H3. The molecule has 0 aromatic heterocycles. The summed E-state index contributed by atoms with van der Waals surface area (Å²) < 4.78 is 37.6. The number of alkyl halides is 3. The highest BCUT2D eigenvalue weighted by Crippen LogP contribution is 2.35. The largest absolute Gasteiger partial charge is 0.454 e. The summed E-state index contributed by atoms with van der Waals surface area (Å²) in [6.45, 7) is 1.85. The van der Waals surface area contributed by atoms with Crippen molar-refractivity contribution in [1.29, 1.82) is 0 Å². The molecule has 2 aliphatic rings. The number of Topliss-reactive ketones (excluding diaryl/α,β-unsaturated/α-hetero) is 1. The fourth-order valence-electron chi connectivity index (χ4n) is 2.02. The SMILES string of the molecule is CCc1cc(C(=O)C(F)(F)F)c2cccccc1-2. The van der Waals surface area contributed by atoms with Gasteiger partial charge >= 0.3 is 6.18 Å². The van der Waals surface area contributed by atoms with Crippen molar-refractivity contribution in [2.45, 2.75) is 19.5 Å². The zero-order valence-electron chi connectivity index (χ0n) is 9.71. The van der Waals surface area contributed by atoms with Crippen LogP contribution in [0.2, 0.25) is 0 Å². The molecule has 0 bridgehead atoms. The van der Waals surface area contributed by atoms with Crippen molar-refractivity contribution >= 4 is 5.78 Å². The third-order valence-electron chi connectivity index (χ3n) is 2.88. The quantitative estimate of drug-likeness (QED) is 0.735. The third-order valence-corrected chi connectivity index (χ3v) is 2.88. The Morgan fingerprint density at radius 1 is 1.11 bits per heavy atom. The molecular formula is C14H11F3O. The molecule has 1 nitrogen and oxygen atoms in total. The predicted molar refractivity (Wildman–Crippen MR) is 62.8 cm³/mol. The minimum atomic E-state index is -4.83. The smallest absolute Gasteiger partial charge is 0.284 e. The van der Waals surface area contributed by atoms with Gasteiger partial charge in [-0.3, -0.25) is 4.79 Å². The maximum atomic E-state index is 12.5. The Morgan fingerprint density at radius 3 is 2.28 bits per heavy atom. The molecule has 0 radical (unpaired) electrons. The van der Waals surface area contributed by atoms with Gasteiger partial charge in [0, 0.05) is 5.56 Å². The number of halogens is 3. The van der Waals surface area contributed by atoms with Crippen LogP contribution < -0.4 is 0 Å². The molecule has 2 aliphatic carbocycles. The van der Waals surface area contributed by atoms with E-state index in [1.165, 1.54) is 6.07 Å². The average molecular weight is 252 g/mol. The van der Waals surface area contributed by atoms with Gasteiger partial charge in [0.2, 0.25) is 0 Å². The molecule has 0 atom stereocenters. The lowest BCUT2D eigenvalue weighted by atomic mass is 10.1. The molecule has 0 spiro atoms. The average Bonchev–Trinajstić information content (AvgIpc) is 2.49. The lowest BCUT2D eigenvalue weighted by Crippen LogP contribution is -2.22. The molecule has 0 aromatic carbocycles. The summed E-state index contributed by atoms with van der Waals surface area (Å²) in [5.41, 5.74) is 1.56. The van der Waals surface area contributed by atoms with Gasteiger partial charge in [-0.05, 0) is 29.2 Å². The summed E-state index contributed by atoms with van der Waals surface area (Å²) in [5, 5.41) is 0. The fourth-order valence-corrected chi connectivity index (χ4v) is 2.02. The van der Waals surface area contributed by atoms with Crippen LogP contribution >= 0.6 is 0 Å². The molecule has 4 heteroatoms. The third kappa shape index (κ3) is 2.10. The van der Waals surface area contributed by atoms with E-state index in [0.717, 1.165) is 5.56 Å². The van der Waals surface area contributed by atoms with Crippen LogP contribution in [0.5, 0.6) is 0 Å². The second-order valence-electron chi connectivity index (χ2n) is 4.00. The molecule has 0 aromatic rings. The molecule has 0 heterocycles. The van der Waals surface area contributed by atoms with Gasteiger partial charge in [0.05, 0.1) is 0 Å². The van der Waals surface area contributed by atoms with Gasteiger partial charge in [0.15, 0.2) is 0 Å². The van der Waals surface area contributed by atoms with Crippen molar-refractivity contribution in [2.24, 2.45) is 0 Å². The lowest BCUT2D eigenvalue weighted by molar-refractivity contribution is -0.0884. The number of ketones is 1. The Bertz CT molecular complexity index is 558. The number of rotatable bonds is 2. The van der Waals surface area contributed by atoms with Gasteiger partial charge in [-0.2, -0.15) is 13.2 Å². The highest BCUT2D eigenvalue weighted by molar-refractivity contribution is 6.07. The molecule has 0 saturated heterocycles. The summed E-state index contributed by atoms with van der Waals surface area (Å²) in [6, 6.07) is 9.74. The molecule has 0 fully saturated rings. The monoisotopic (exact) mass is 252 g/mol. The van der Waals surface area contributed by atoms with E-state index in [-0.39, 0.29) is 5.56 Å². The van der Waals surface area contributed by atoms with Crippen LogP contribution in [0.15, 0.2) is 36.4 Å². The topological polar surface area (TPSA) is 17.1 Å². The maximum absolute atomic E-state index is 12.5. The Balaban J connectivity index is 2.65. The van der Waals surface area contributed by atoms with Gasteiger partial charge in [-0.25, -0.2) is 0 Å². The van der Waals surface area contributed by atoms with E-state index in [9.17, 15) is 18.0 Å². The van der Waals surface area contributed by atoms with Crippen molar-refractivity contribution in [1.82, 2.24) is 0 Å². The molecule has 2 rings (SSSR count). The van der Waals surface area contributed by atoms with Gasteiger partial charge in [-0.1, -0.05) is 37.3 Å². The first kappa shape index (κ1) is 12.6. The second kappa shape index (κ2) is 4.44. The van der Waals surface area contributed by atoms with E-state index in [4.69, 9.17) is 0 Å². The van der Waals surface area contributed by atoms with Gasteiger partial charge in [0.1, 0.15) is 0 Å². The number of carbonyl (C=O) groups is 1. The van der Waals surface area contributed by atoms with Gasteiger partial charge in [0.25, 0.3) is 5.78 Å². The van der Waals surface area contributed by atoms with Crippen molar-refractivity contribution in [3.8, 4) is 11.1 Å². The zero-order valence-corrected chi connectivity index (χ0v) is 9.71. The van der Waals surface area contributed by atoms with E-state index < -0.39 is 12.0 Å². The Morgan fingerprint density at radius 2 is 1.72 bits per heavy atom. The van der Waals surface area contributed by atoms with Crippen LogP contribution in [0.3, 0.4) is 0 Å². The van der Waals surface area contributed by atoms with E-state index in [2.05, 4.69) is 0 Å².